The highest BCUT2D eigenvalue weighted by molar-refractivity contribution is 5.78. The molecule has 18 heavy (non-hydrogen) atoms. The van der Waals surface area contributed by atoms with Gasteiger partial charge in [-0.1, -0.05) is 30.8 Å². The highest BCUT2D eigenvalue weighted by Crippen LogP contribution is 2.16. The molecule has 0 saturated heterocycles. The van der Waals surface area contributed by atoms with Crippen molar-refractivity contribution in [2.24, 2.45) is 10.7 Å². The maximum Gasteiger partial charge on any atom is 0.223 e. The quantitative estimate of drug-likeness (QED) is 0.483. The van der Waals surface area contributed by atoms with Crippen LogP contribution in [0.3, 0.4) is 0 Å². The van der Waals surface area contributed by atoms with Crippen LogP contribution in [0.25, 0.3) is 0 Å². The zero-order valence-electron chi connectivity index (χ0n) is 10.9. The van der Waals surface area contributed by atoms with Crippen LogP contribution in [0, 0.1) is 6.92 Å². The van der Waals surface area contributed by atoms with E-state index in [-0.39, 0.29) is 0 Å². The maximum atomic E-state index is 5.86. The summed E-state index contributed by atoms with van der Waals surface area (Å²) >= 11 is 0. The van der Waals surface area contributed by atoms with Gasteiger partial charge in [0.2, 0.25) is 5.89 Å². The summed E-state index contributed by atoms with van der Waals surface area (Å²) in [6.07, 6.45) is 7.56. The molecule has 6 heteroatoms. The maximum absolute atomic E-state index is 5.86. The third-order valence-corrected chi connectivity index (χ3v) is 3.17. The molecule has 1 aromatic rings. The van der Waals surface area contributed by atoms with Crippen LogP contribution in [0.5, 0.6) is 0 Å². The van der Waals surface area contributed by atoms with Crippen molar-refractivity contribution in [2.45, 2.75) is 58.0 Å². The van der Waals surface area contributed by atoms with E-state index in [9.17, 15) is 0 Å². The number of aryl methyl sites for hydroxylation is 1. The minimum absolute atomic E-state index is 0.364. The highest BCUT2D eigenvalue weighted by atomic mass is 16.5. The van der Waals surface area contributed by atoms with E-state index in [1.807, 2.05) is 0 Å². The first-order chi connectivity index (χ1) is 8.74. The Bertz CT molecular complexity index is 393. The Labute approximate surface area is 107 Å². The number of rotatable bonds is 3. The number of nitrogens with one attached hydrogen (secondary N) is 1. The van der Waals surface area contributed by atoms with Gasteiger partial charge in [-0.2, -0.15) is 4.98 Å². The fourth-order valence-corrected chi connectivity index (χ4v) is 2.24. The SMILES string of the molecule is Cc1nc(CN=C(N)NC2CCCCCC2)no1. The molecule has 1 heterocycles. The van der Waals surface area contributed by atoms with E-state index in [0.717, 1.165) is 0 Å². The van der Waals surface area contributed by atoms with E-state index in [4.69, 9.17) is 10.3 Å². The molecule has 100 valence electrons. The number of aliphatic imine (C=N–C) groups is 1. The Hall–Kier alpha value is -1.59. The van der Waals surface area contributed by atoms with Gasteiger partial charge in [-0.15, -0.1) is 0 Å². The molecule has 1 aliphatic rings. The fourth-order valence-electron chi connectivity index (χ4n) is 2.24. The lowest BCUT2D eigenvalue weighted by atomic mass is 10.1. The molecular weight excluding hydrogens is 230 g/mol. The standard InChI is InChI=1S/C12H21N5O/c1-9-15-11(17-18-9)8-14-12(13)16-10-6-4-2-3-5-7-10/h10H,2-8H2,1H3,(H3,13,14,16). The predicted octanol–water partition coefficient (Wildman–Crippen LogP) is 1.51. The van der Waals surface area contributed by atoms with Gasteiger partial charge in [-0.3, -0.25) is 0 Å². The molecule has 0 aromatic carbocycles. The van der Waals surface area contributed by atoms with Gasteiger partial charge in [0.05, 0.1) is 0 Å². The van der Waals surface area contributed by atoms with E-state index in [1.165, 1.54) is 38.5 Å². The van der Waals surface area contributed by atoms with Gasteiger partial charge >= 0.3 is 0 Å². The molecule has 0 atom stereocenters. The van der Waals surface area contributed by atoms with Crippen molar-refractivity contribution in [3.05, 3.63) is 11.7 Å². The smallest absolute Gasteiger partial charge is 0.223 e. The van der Waals surface area contributed by atoms with Crippen LogP contribution in [-0.4, -0.2) is 22.1 Å². The number of hydrogen-bond donors (Lipinski definition) is 2. The second-order valence-corrected chi connectivity index (χ2v) is 4.76. The van der Waals surface area contributed by atoms with Gasteiger partial charge in [0.15, 0.2) is 11.8 Å². The minimum Gasteiger partial charge on any atom is -0.370 e. The molecule has 6 nitrogen and oxygen atoms in total. The molecule has 1 aliphatic carbocycles. The summed E-state index contributed by atoms with van der Waals surface area (Å²) < 4.78 is 4.87. The van der Waals surface area contributed by atoms with Crippen LogP contribution in [0.1, 0.15) is 50.2 Å². The van der Waals surface area contributed by atoms with Crippen molar-refractivity contribution in [1.82, 2.24) is 15.5 Å². The molecule has 1 fully saturated rings. The van der Waals surface area contributed by atoms with Crippen molar-refractivity contribution < 1.29 is 4.52 Å². The van der Waals surface area contributed by atoms with Crippen LogP contribution < -0.4 is 11.1 Å². The van der Waals surface area contributed by atoms with Gasteiger partial charge in [0.1, 0.15) is 6.54 Å². The summed E-state index contributed by atoms with van der Waals surface area (Å²) in [5, 5.41) is 7.05. The molecule has 0 spiro atoms. The molecule has 1 saturated carbocycles. The fraction of sp³-hybridized carbons (Fsp3) is 0.750. The molecular formula is C12H21N5O. The van der Waals surface area contributed by atoms with Gasteiger partial charge in [0, 0.05) is 13.0 Å². The van der Waals surface area contributed by atoms with Crippen LogP contribution >= 0.6 is 0 Å². The minimum atomic E-state index is 0.364. The second-order valence-electron chi connectivity index (χ2n) is 4.76. The summed E-state index contributed by atoms with van der Waals surface area (Å²) in [6.45, 7) is 2.12. The van der Waals surface area contributed by atoms with Gasteiger partial charge < -0.3 is 15.6 Å². The second kappa shape index (κ2) is 6.37. The van der Waals surface area contributed by atoms with E-state index in [1.54, 1.807) is 6.92 Å². The third-order valence-electron chi connectivity index (χ3n) is 3.17. The predicted molar refractivity (Wildman–Crippen MR) is 69.0 cm³/mol. The van der Waals surface area contributed by atoms with E-state index >= 15 is 0 Å². The summed E-state index contributed by atoms with van der Waals surface area (Å²) in [4.78, 5) is 8.31. The lowest BCUT2D eigenvalue weighted by Crippen LogP contribution is -2.39. The summed E-state index contributed by atoms with van der Waals surface area (Å²) in [5.41, 5.74) is 5.86. The van der Waals surface area contributed by atoms with E-state index in [2.05, 4.69) is 20.4 Å². The Kier molecular flexibility index (Phi) is 4.55. The Morgan fingerprint density at radius 3 is 2.72 bits per heavy atom. The molecule has 0 aliphatic heterocycles. The summed E-state index contributed by atoms with van der Waals surface area (Å²) in [6, 6.07) is 0.461. The highest BCUT2D eigenvalue weighted by Gasteiger charge is 2.12. The third kappa shape index (κ3) is 4.01. The molecule has 0 bridgehead atoms. The largest absolute Gasteiger partial charge is 0.370 e. The molecule has 1 aromatic heterocycles. The number of nitrogens with zero attached hydrogens (tertiary/aromatic N) is 3. The molecule has 3 N–H and O–H groups in total. The van der Waals surface area contributed by atoms with Crippen molar-refractivity contribution in [3.8, 4) is 0 Å². The first-order valence-electron chi connectivity index (χ1n) is 6.59. The lowest BCUT2D eigenvalue weighted by molar-refractivity contribution is 0.387. The Morgan fingerprint density at radius 2 is 2.11 bits per heavy atom. The number of nitrogens with two attached hydrogens (primary N) is 1. The van der Waals surface area contributed by atoms with Gasteiger partial charge in [-0.05, 0) is 12.8 Å². The first kappa shape index (κ1) is 12.9. The van der Waals surface area contributed by atoms with Gasteiger partial charge in [-0.25, -0.2) is 4.99 Å². The number of guanidine groups is 1. The Balaban J connectivity index is 1.80. The first-order valence-corrected chi connectivity index (χ1v) is 6.59. The zero-order chi connectivity index (χ0) is 12.8. The van der Waals surface area contributed by atoms with Gasteiger partial charge in [0.25, 0.3) is 0 Å². The van der Waals surface area contributed by atoms with Crippen molar-refractivity contribution in [3.63, 3.8) is 0 Å². The van der Waals surface area contributed by atoms with Crippen LogP contribution in [0.15, 0.2) is 9.52 Å². The van der Waals surface area contributed by atoms with E-state index in [0.29, 0.717) is 30.3 Å². The van der Waals surface area contributed by atoms with Crippen molar-refractivity contribution in [1.29, 1.82) is 0 Å². The van der Waals surface area contributed by atoms with E-state index < -0.39 is 0 Å². The monoisotopic (exact) mass is 251 g/mol. The van der Waals surface area contributed by atoms with Crippen LogP contribution in [0.2, 0.25) is 0 Å². The normalized spacial score (nSPS) is 18.6. The summed E-state index contributed by atoms with van der Waals surface area (Å²) in [7, 11) is 0. The molecule has 0 unspecified atom stereocenters. The molecule has 0 amide bonds. The average Bonchev–Trinajstić information content (AvgIpc) is 2.60. The van der Waals surface area contributed by atoms with Crippen LogP contribution in [0.4, 0.5) is 0 Å². The average molecular weight is 251 g/mol. The zero-order valence-corrected chi connectivity index (χ0v) is 10.9. The summed E-state index contributed by atoms with van der Waals surface area (Å²) in [5.74, 6) is 1.60. The van der Waals surface area contributed by atoms with Crippen molar-refractivity contribution >= 4 is 5.96 Å². The topological polar surface area (TPSA) is 89.3 Å². The van der Waals surface area contributed by atoms with Crippen LogP contribution in [-0.2, 0) is 6.54 Å². The lowest BCUT2D eigenvalue weighted by Gasteiger charge is -2.16. The van der Waals surface area contributed by atoms with Crippen molar-refractivity contribution in [2.75, 3.05) is 0 Å². The number of hydrogen-bond acceptors (Lipinski definition) is 4. The molecule has 2 rings (SSSR count). The number of aromatic nitrogens is 2. The Morgan fingerprint density at radius 1 is 1.39 bits per heavy atom. The molecule has 0 radical (unpaired) electrons.